The highest BCUT2D eigenvalue weighted by Gasteiger charge is 2.31. The standard InChI is InChI=1S/C19H19BrN4O4S/c1-29-14-3-4-16(24(27)28)15(10-14)19(26)23-8-6-12(7-9-23)18(25)22-17-5-2-13(20)11-21-17/h2-5,10-12H,6-9H2,1H3,(H,21,22,25). The fourth-order valence-corrected chi connectivity index (χ4v) is 3.84. The Balaban J connectivity index is 1.64. The summed E-state index contributed by atoms with van der Waals surface area (Å²) in [7, 11) is 0. The van der Waals surface area contributed by atoms with E-state index >= 15 is 0 Å². The van der Waals surface area contributed by atoms with Crippen LogP contribution in [-0.4, -0.2) is 46.0 Å². The molecule has 1 saturated heterocycles. The van der Waals surface area contributed by atoms with E-state index < -0.39 is 4.92 Å². The zero-order valence-electron chi connectivity index (χ0n) is 15.6. The molecule has 8 nitrogen and oxygen atoms in total. The molecule has 2 heterocycles. The average Bonchev–Trinajstić information content (AvgIpc) is 2.74. The summed E-state index contributed by atoms with van der Waals surface area (Å²) in [5.74, 6) is -0.276. The number of halogens is 1. The van der Waals surface area contributed by atoms with E-state index in [1.165, 1.54) is 17.8 Å². The summed E-state index contributed by atoms with van der Waals surface area (Å²) in [6, 6.07) is 8.05. The van der Waals surface area contributed by atoms with Crippen molar-refractivity contribution < 1.29 is 14.5 Å². The summed E-state index contributed by atoms with van der Waals surface area (Å²) >= 11 is 4.71. The maximum Gasteiger partial charge on any atom is 0.282 e. The second-order valence-electron chi connectivity index (χ2n) is 6.56. The highest BCUT2D eigenvalue weighted by molar-refractivity contribution is 9.10. The molecule has 1 aliphatic heterocycles. The first kappa shape index (κ1) is 21.3. The van der Waals surface area contributed by atoms with E-state index in [1.54, 1.807) is 35.4 Å². The van der Waals surface area contributed by atoms with E-state index in [4.69, 9.17) is 0 Å². The Kier molecular flexibility index (Phi) is 6.86. The number of benzene rings is 1. The lowest BCUT2D eigenvalue weighted by molar-refractivity contribution is -0.385. The van der Waals surface area contributed by atoms with Crippen molar-refractivity contribution in [3.8, 4) is 0 Å². The summed E-state index contributed by atoms with van der Waals surface area (Å²) in [6.45, 7) is 0.733. The molecule has 0 spiro atoms. The zero-order valence-corrected chi connectivity index (χ0v) is 18.0. The van der Waals surface area contributed by atoms with Crippen LogP contribution in [0.2, 0.25) is 0 Å². The van der Waals surface area contributed by atoms with Crippen molar-refractivity contribution in [2.75, 3.05) is 24.7 Å². The lowest BCUT2D eigenvalue weighted by Gasteiger charge is -2.31. The van der Waals surface area contributed by atoms with Crippen LogP contribution in [0.4, 0.5) is 11.5 Å². The van der Waals surface area contributed by atoms with Gasteiger partial charge in [-0.15, -0.1) is 11.8 Å². The minimum atomic E-state index is -0.539. The van der Waals surface area contributed by atoms with Gasteiger partial charge in [-0.3, -0.25) is 19.7 Å². The highest BCUT2D eigenvalue weighted by atomic mass is 79.9. The van der Waals surface area contributed by atoms with Gasteiger partial charge >= 0.3 is 0 Å². The lowest BCUT2D eigenvalue weighted by atomic mass is 9.95. The minimum Gasteiger partial charge on any atom is -0.338 e. The molecule has 10 heteroatoms. The number of nitrogens with zero attached hydrogens (tertiary/aromatic N) is 3. The molecule has 1 aliphatic rings. The Morgan fingerprint density at radius 2 is 2.00 bits per heavy atom. The smallest absolute Gasteiger partial charge is 0.282 e. The van der Waals surface area contributed by atoms with Gasteiger partial charge in [-0.2, -0.15) is 0 Å². The van der Waals surface area contributed by atoms with Crippen molar-refractivity contribution in [1.82, 2.24) is 9.88 Å². The molecule has 152 valence electrons. The lowest BCUT2D eigenvalue weighted by Crippen LogP contribution is -2.41. The van der Waals surface area contributed by atoms with Gasteiger partial charge in [-0.1, -0.05) is 0 Å². The number of thioether (sulfide) groups is 1. The Morgan fingerprint density at radius 1 is 1.28 bits per heavy atom. The number of piperidine rings is 1. The predicted octanol–water partition coefficient (Wildman–Crippen LogP) is 3.97. The van der Waals surface area contributed by atoms with Crippen molar-refractivity contribution in [3.63, 3.8) is 0 Å². The van der Waals surface area contributed by atoms with E-state index in [-0.39, 0.29) is 29.0 Å². The summed E-state index contributed by atoms with van der Waals surface area (Å²) in [5.41, 5.74) is -0.113. The molecule has 0 aliphatic carbocycles. The summed E-state index contributed by atoms with van der Waals surface area (Å²) < 4.78 is 0.821. The number of rotatable bonds is 5. The number of nitrogens with one attached hydrogen (secondary N) is 1. The molecule has 0 atom stereocenters. The van der Waals surface area contributed by atoms with Crippen molar-refractivity contribution in [2.45, 2.75) is 17.7 Å². The van der Waals surface area contributed by atoms with E-state index in [1.807, 2.05) is 6.26 Å². The number of carbonyl (C=O) groups excluding carboxylic acids is 2. The van der Waals surface area contributed by atoms with Gasteiger partial charge in [0, 0.05) is 40.6 Å². The molecule has 29 heavy (non-hydrogen) atoms. The van der Waals surface area contributed by atoms with Crippen molar-refractivity contribution in [2.24, 2.45) is 5.92 Å². The molecular formula is C19H19BrN4O4S. The molecule has 0 radical (unpaired) electrons. The Bertz CT molecular complexity index is 930. The minimum absolute atomic E-state index is 0.0869. The van der Waals surface area contributed by atoms with Crippen LogP contribution >= 0.6 is 27.7 Å². The molecule has 1 fully saturated rings. The third-order valence-electron chi connectivity index (χ3n) is 4.76. The molecule has 1 aromatic heterocycles. The van der Waals surface area contributed by atoms with Gasteiger partial charge in [0.15, 0.2) is 0 Å². The van der Waals surface area contributed by atoms with Crippen molar-refractivity contribution in [1.29, 1.82) is 0 Å². The Labute approximate surface area is 180 Å². The number of likely N-dealkylation sites (tertiary alicyclic amines) is 1. The predicted molar refractivity (Wildman–Crippen MR) is 114 cm³/mol. The second kappa shape index (κ2) is 9.36. The van der Waals surface area contributed by atoms with Crippen LogP contribution < -0.4 is 5.32 Å². The molecule has 2 amide bonds. The summed E-state index contributed by atoms with van der Waals surface area (Å²) in [5, 5.41) is 14.1. The Morgan fingerprint density at radius 3 is 2.59 bits per heavy atom. The monoisotopic (exact) mass is 478 g/mol. The van der Waals surface area contributed by atoms with Crippen molar-refractivity contribution in [3.05, 3.63) is 56.7 Å². The van der Waals surface area contributed by atoms with Gasteiger partial charge < -0.3 is 10.2 Å². The Hall–Kier alpha value is -2.46. The van der Waals surface area contributed by atoms with Crippen LogP contribution in [0.5, 0.6) is 0 Å². The van der Waals surface area contributed by atoms with E-state index in [0.29, 0.717) is 31.7 Å². The van der Waals surface area contributed by atoms with Crippen LogP contribution in [0.15, 0.2) is 45.9 Å². The first-order valence-corrected chi connectivity index (χ1v) is 10.9. The number of nitro benzene ring substituents is 1. The maximum atomic E-state index is 12.9. The molecule has 2 aromatic rings. The molecule has 3 rings (SSSR count). The summed E-state index contributed by atoms with van der Waals surface area (Å²) in [4.78, 5) is 42.6. The topological polar surface area (TPSA) is 105 Å². The van der Waals surface area contributed by atoms with Crippen molar-refractivity contribution >= 4 is 51.0 Å². The molecule has 0 saturated carbocycles. The van der Waals surface area contributed by atoms with Crippen LogP contribution in [0, 0.1) is 16.0 Å². The van der Waals surface area contributed by atoms with Gasteiger partial charge in [0.2, 0.25) is 5.91 Å². The van der Waals surface area contributed by atoms with Crippen LogP contribution in [-0.2, 0) is 4.79 Å². The number of amides is 2. The van der Waals surface area contributed by atoms with Crippen LogP contribution in [0.3, 0.4) is 0 Å². The number of hydrogen-bond donors (Lipinski definition) is 1. The number of pyridine rings is 1. The van der Waals surface area contributed by atoms with Gasteiger partial charge in [0.25, 0.3) is 11.6 Å². The van der Waals surface area contributed by atoms with Gasteiger partial charge in [0.05, 0.1) is 4.92 Å². The molecule has 1 N–H and O–H groups in total. The largest absolute Gasteiger partial charge is 0.338 e. The van der Waals surface area contributed by atoms with E-state index in [2.05, 4.69) is 26.2 Å². The average molecular weight is 479 g/mol. The normalized spacial score (nSPS) is 14.5. The van der Waals surface area contributed by atoms with Gasteiger partial charge in [-0.05, 0) is 59.3 Å². The fourth-order valence-electron chi connectivity index (χ4n) is 3.17. The number of nitro groups is 1. The molecule has 0 unspecified atom stereocenters. The zero-order chi connectivity index (χ0) is 21.0. The molecule has 1 aromatic carbocycles. The fraction of sp³-hybridized carbons (Fsp3) is 0.316. The maximum absolute atomic E-state index is 12.9. The van der Waals surface area contributed by atoms with Gasteiger partial charge in [-0.25, -0.2) is 4.98 Å². The van der Waals surface area contributed by atoms with Crippen LogP contribution in [0.1, 0.15) is 23.2 Å². The first-order chi connectivity index (χ1) is 13.9. The number of carbonyl (C=O) groups is 2. The quantitative estimate of drug-likeness (QED) is 0.395. The van der Waals surface area contributed by atoms with Gasteiger partial charge in [0.1, 0.15) is 11.4 Å². The second-order valence-corrected chi connectivity index (χ2v) is 8.35. The van der Waals surface area contributed by atoms with E-state index in [9.17, 15) is 19.7 Å². The number of hydrogen-bond acceptors (Lipinski definition) is 6. The SMILES string of the molecule is CSc1ccc([N+](=O)[O-])c(C(=O)N2CCC(C(=O)Nc3ccc(Br)cn3)CC2)c1. The highest BCUT2D eigenvalue weighted by Crippen LogP contribution is 2.28. The third-order valence-corrected chi connectivity index (χ3v) is 5.96. The number of anilines is 1. The van der Waals surface area contributed by atoms with E-state index in [0.717, 1.165) is 9.37 Å². The van der Waals surface area contributed by atoms with Crippen LogP contribution in [0.25, 0.3) is 0 Å². The third kappa shape index (κ3) is 5.13. The molecule has 0 bridgehead atoms. The summed E-state index contributed by atoms with van der Waals surface area (Å²) in [6.07, 6.45) is 4.43. The molecular weight excluding hydrogens is 460 g/mol. The number of aromatic nitrogens is 1. The first-order valence-electron chi connectivity index (χ1n) is 8.93.